The summed E-state index contributed by atoms with van der Waals surface area (Å²) in [5, 5.41) is 0.190. The van der Waals surface area contributed by atoms with Crippen LogP contribution in [0.1, 0.15) is 11.1 Å². The first kappa shape index (κ1) is 22.1. The maximum absolute atomic E-state index is 12.8. The number of rotatable bonds is 5. The van der Waals surface area contributed by atoms with Gasteiger partial charge >= 0.3 is 0 Å². The fourth-order valence-electron chi connectivity index (χ4n) is 2.96. The van der Waals surface area contributed by atoms with Crippen molar-refractivity contribution < 1.29 is 14.3 Å². The highest BCUT2D eigenvalue weighted by Crippen LogP contribution is 2.39. The number of ether oxygens (including phenoxy) is 1. The molecule has 0 bridgehead atoms. The Morgan fingerprint density at radius 2 is 1.61 bits per heavy atom. The average Bonchev–Trinajstić information content (AvgIpc) is 3.02. The summed E-state index contributed by atoms with van der Waals surface area (Å²) in [6.07, 6.45) is 1.69. The molecule has 3 aromatic rings. The van der Waals surface area contributed by atoms with E-state index < -0.39 is 0 Å². The van der Waals surface area contributed by atoms with E-state index in [1.54, 1.807) is 30.3 Å². The number of hydrogen-bond donors (Lipinski definition) is 0. The minimum Gasteiger partial charge on any atom is -0.487 e. The molecule has 0 spiro atoms. The molecule has 1 aliphatic rings. The third kappa shape index (κ3) is 5.06. The van der Waals surface area contributed by atoms with Crippen molar-refractivity contribution in [1.82, 2.24) is 0 Å². The predicted octanol–water partition coefficient (Wildman–Crippen LogP) is 7.68. The van der Waals surface area contributed by atoms with E-state index >= 15 is 0 Å². The monoisotopic (exact) mass is 577 g/mol. The molecule has 156 valence electrons. The summed E-state index contributed by atoms with van der Waals surface area (Å²) in [4.78, 5) is 26.8. The van der Waals surface area contributed by atoms with Gasteiger partial charge < -0.3 is 4.74 Å². The first-order valence-electron chi connectivity index (χ1n) is 9.11. The van der Waals surface area contributed by atoms with Crippen LogP contribution in [0, 0.1) is 0 Å². The van der Waals surface area contributed by atoms with Gasteiger partial charge in [-0.05, 0) is 97.2 Å². The summed E-state index contributed by atoms with van der Waals surface area (Å²) in [7, 11) is 0. The van der Waals surface area contributed by atoms with Crippen LogP contribution in [-0.2, 0) is 11.4 Å². The second kappa shape index (κ2) is 9.61. The molecule has 0 unspecified atom stereocenters. The van der Waals surface area contributed by atoms with Crippen molar-refractivity contribution in [3.63, 3.8) is 0 Å². The van der Waals surface area contributed by atoms with Crippen LogP contribution in [0.25, 0.3) is 6.08 Å². The lowest BCUT2D eigenvalue weighted by Gasteiger charge is -2.12. The molecule has 3 aromatic carbocycles. The Kier molecular flexibility index (Phi) is 6.86. The molecule has 31 heavy (non-hydrogen) atoms. The molecule has 1 aliphatic heterocycles. The minimum atomic E-state index is -0.367. The van der Waals surface area contributed by atoms with Crippen molar-refractivity contribution in [3.8, 4) is 5.75 Å². The van der Waals surface area contributed by atoms with Crippen molar-refractivity contribution in [3.05, 3.63) is 96.7 Å². The van der Waals surface area contributed by atoms with Crippen LogP contribution in [0.2, 0.25) is 5.02 Å². The summed E-state index contributed by atoms with van der Waals surface area (Å²) in [6, 6.07) is 20.1. The molecule has 4 nitrogen and oxygen atoms in total. The van der Waals surface area contributed by atoms with Gasteiger partial charge in [-0.2, -0.15) is 0 Å². The van der Waals surface area contributed by atoms with Crippen LogP contribution >= 0.6 is 55.2 Å². The molecule has 0 radical (unpaired) electrons. The molecule has 8 heteroatoms. The van der Waals surface area contributed by atoms with Gasteiger partial charge in [0.1, 0.15) is 12.4 Å². The second-order valence-corrected chi connectivity index (χ2v) is 9.72. The van der Waals surface area contributed by atoms with E-state index in [1.165, 1.54) is 0 Å². The average molecular weight is 580 g/mol. The topological polar surface area (TPSA) is 46.6 Å². The number of benzene rings is 3. The quantitative estimate of drug-likeness (QED) is 0.291. The molecule has 0 saturated carbocycles. The third-order valence-corrected chi connectivity index (χ3v) is 6.72. The van der Waals surface area contributed by atoms with E-state index in [-0.39, 0.29) is 11.1 Å². The van der Waals surface area contributed by atoms with Gasteiger partial charge in [-0.3, -0.25) is 9.59 Å². The van der Waals surface area contributed by atoms with Crippen LogP contribution in [0.3, 0.4) is 0 Å². The number of carbonyl (C=O) groups excluding carboxylic acids is 2. The van der Waals surface area contributed by atoms with Crippen LogP contribution in [0.5, 0.6) is 5.75 Å². The molecule has 1 saturated heterocycles. The van der Waals surface area contributed by atoms with Crippen LogP contribution in [-0.4, -0.2) is 11.1 Å². The summed E-state index contributed by atoms with van der Waals surface area (Å²) < 4.78 is 7.42. The Labute approximate surface area is 205 Å². The Balaban J connectivity index is 1.55. The Hall–Kier alpha value is -2.06. The molecule has 1 heterocycles. The van der Waals surface area contributed by atoms with Crippen molar-refractivity contribution in [2.24, 2.45) is 0 Å². The van der Waals surface area contributed by atoms with Gasteiger partial charge in [0.25, 0.3) is 11.1 Å². The lowest BCUT2D eigenvalue weighted by Crippen LogP contribution is -2.27. The highest BCUT2D eigenvalue weighted by atomic mass is 79.9. The molecule has 0 N–H and O–H groups in total. The molecule has 4 rings (SSSR count). The van der Waals surface area contributed by atoms with E-state index in [1.807, 2.05) is 42.5 Å². The van der Waals surface area contributed by atoms with Gasteiger partial charge in [0.05, 0.1) is 19.5 Å². The number of hydrogen-bond acceptors (Lipinski definition) is 4. The fourth-order valence-corrected chi connectivity index (χ4v) is 5.38. The highest BCUT2D eigenvalue weighted by Gasteiger charge is 2.36. The number of thioether (sulfide) groups is 1. The molecule has 0 aromatic heterocycles. The van der Waals surface area contributed by atoms with E-state index in [4.69, 9.17) is 16.3 Å². The second-order valence-electron chi connectivity index (χ2n) is 6.58. The van der Waals surface area contributed by atoms with Crippen molar-refractivity contribution >= 4 is 78.1 Å². The maximum Gasteiger partial charge on any atom is 0.298 e. The van der Waals surface area contributed by atoms with E-state index in [0.717, 1.165) is 36.7 Å². The minimum absolute atomic E-state index is 0.344. The maximum atomic E-state index is 12.8. The zero-order valence-electron chi connectivity index (χ0n) is 15.8. The molecule has 0 aliphatic carbocycles. The molecule has 0 atom stereocenters. The van der Waals surface area contributed by atoms with Crippen LogP contribution in [0.15, 0.2) is 80.6 Å². The molecule has 2 amide bonds. The summed E-state index contributed by atoms with van der Waals surface area (Å²) >= 11 is 13.9. The van der Waals surface area contributed by atoms with Crippen LogP contribution < -0.4 is 9.64 Å². The standard InChI is InChI=1S/C23H14Br2ClNO3S/c24-18-10-15(11-19(25)21(18)30-13-14-4-2-1-3-5-14)12-20-22(28)27(23(29)31-20)17-8-6-16(26)7-9-17/h1-12H,13H2/b20-12+. The number of amides is 2. The number of nitrogens with zero attached hydrogens (tertiary/aromatic N) is 1. The van der Waals surface area contributed by atoms with E-state index in [0.29, 0.717) is 28.0 Å². The number of anilines is 1. The largest absolute Gasteiger partial charge is 0.487 e. The van der Waals surface area contributed by atoms with Gasteiger partial charge in [-0.15, -0.1) is 0 Å². The smallest absolute Gasteiger partial charge is 0.298 e. The van der Waals surface area contributed by atoms with Crippen LogP contribution in [0.4, 0.5) is 10.5 Å². The Morgan fingerprint density at radius 3 is 2.26 bits per heavy atom. The first-order valence-corrected chi connectivity index (χ1v) is 11.9. The van der Waals surface area contributed by atoms with Crippen molar-refractivity contribution in [2.75, 3.05) is 4.90 Å². The molecular weight excluding hydrogens is 566 g/mol. The Morgan fingerprint density at radius 1 is 0.968 bits per heavy atom. The first-order chi connectivity index (χ1) is 14.9. The zero-order chi connectivity index (χ0) is 22.0. The predicted molar refractivity (Wildman–Crippen MR) is 133 cm³/mol. The van der Waals surface area contributed by atoms with Crippen molar-refractivity contribution in [1.29, 1.82) is 0 Å². The third-order valence-electron chi connectivity index (χ3n) is 4.42. The van der Waals surface area contributed by atoms with Gasteiger partial charge in [0, 0.05) is 5.02 Å². The summed E-state index contributed by atoms with van der Waals surface area (Å²) in [5.74, 6) is 0.296. The zero-order valence-corrected chi connectivity index (χ0v) is 20.6. The van der Waals surface area contributed by atoms with E-state index in [9.17, 15) is 9.59 Å². The molecule has 1 fully saturated rings. The lowest BCUT2D eigenvalue weighted by atomic mass is 10.2. The summed E-state index contributed by atoms with van der Waals surface area (Å²) in [6.45, 7) is 0.428. The lowest BCUT2D eigenvalue weighted by molar-refractivity contribution is -0.113. The molecular formula is C23H14Br2ClNO3S. The number of carbonyl (C=O) groups is 2. The highest BCUT2D eigenvalue weighted by molar-refractivity contribution is 9.11. The van der Waals surface area contributed by atoms with Gasteiger partial charge in [0.15, 0.2) is 0 Å². The van der Waals surface area contributed by atoms with Gasteiger partial charge in [-0.1, -0.05) is 41.9 Å². The van der Waals surface area contributed by atoms with E-state index in [2.05, 4.69) is 31.9 Å². The van der Waals surface area contributed by atoms with Crippen molar-refractivity contribution in [2.45, 2.75) is 6.61 Å². The number of halogens is 3. The van der Waals surface area contributed by atoms with Gasteiger partial charge in [-0.25, -0.2) is 4.90 Å². The SMILES string of the molecule is O=C1S/C(=C/c2cc(Br)c(OCc3ccccc3)c(Br)c2)C(=O)N1c1ccc(Cl)cc1. The number of imide groups is 1. The van der Waals surface area contributed by atoms with Gasteiger partial charge in [0.2, 0.25) is 0 Å². The Bertz CT molecular complexity index is 1160. The fraction of sp³-hybridized carbons (Fsp3) is 0.0435. The summed E-state index contributed by atoms with van der Waals surface area (Å²) in [5.41, 5.74) is 2.30. The normalized spacial score (nSPS) is 15.1.